The van der Waals surface area contributed by atoms with E-state index in [2.05, 4.69) is 31.2 Å². The first-order valence-electron chi connectivity index (χ1n) is 10.1. The zero-order valence-corrected chi connectivity index (χ0v) is 19.7. The van der Waals surface area contributed by atoms with Gasteiger partial charge < -0.3 is 25.5 Å². The number of hydrogen-bond acceptors (Lipinski definition) is 7. The molecule has 1 aromatic carbocycles. The Kier molecular flexibility index (Phi) is 8.42. The van der Waals surface area contributed by atoms with E-state index >= 15 is 0 Å². The van der Waals surface area contributed by atoms with Gasteiger partial charge in [-0.25, -0.2) is 8.78 Å². The summed E-state index contributed by atoms with van der Waals surface area (Å²) in [7, 11) is 0. The maximum absolute atomic E-state index is 13.8. The lowest BCUT2D eigenvalue weighted by Gasteiger charge is -2.15. The lowest BCUT2D eigenvalue weighted by atomic mass is 10.2. The van der Waals surface area contributed by atoms with Gasteiger partial charge in [-0.05, 0) is 35.0 Å². The van der Waals surface area contributed by atoms with Gasteiger partial charge in [-0.2, -0.15) is 0 Å². The first-order chi connectivity index (χ1) is 16.2. The summed E-state index contributed by atoms with van der Waals surface area (Å²) in [4.78, 5) is 33.0. The van der Waals surface area contributed by atoms with Crippen LogP contribution in [0, 0.1) is 18.6 Å². The predicted octanol–water partition coefficient (Wildman–Crippen LogP) is 1.55. The largest absolute Gasteiger partial charge is 0.487 e. The van der Waals surface area contributed by atoms with Crippen molar-refractivity contribution < 1.29 is 23.4 Å². The molecule has 34 heavy (non-hydrogen) atoms. The maximum atomic E-state index is 13.8. The number of rotatable bonds is 9. The number of aromatic nitrogens is 3. The molecule has 3 aromatic rings. The quantitative estimate of drug-likeness (QED) is 0.377. The summed E-state index contributed by atoms with van der Waals surface area (Å²) in [6.07, 6.45) is 2.94. The van der Waals surface area contributed by atoms with Gasteiger partial charge in [-0.15, -0.1) is 0 Å². The Morgan fingerprint density at radius 1 is 1.26 bits per heavy atom. The second-order valence-electron chi connectivity index (χ2n) is 7.39. The molecule has 180 valence electrons. The minimum Gasteiger partial charge on any atom is -0.487 e. The number of aryl methyl sites for hydroxylation is 1. The molecular formula is C22H22BrF2N5O4. The number of nitrogens with one attached hydrogen (secondary N) is 1. The first-order valence-corrected chi connectivity index (χ1v) is 10.9. The summed E-state index contributed by atoms with van der Waals surface area (Å²) in [5.41, 5.74) is 6.74. The average molecular weight is 538 g/mol. The van der Waals surface area contributed by atoms with E-state index in [1.165, 1.54) is 23.0 Å². The lowest BCUT2D eigenvalue weighted by molar-refractivity contribution is -0.123. The molecule has 9 nitrogen and oxygen atoms in total. The molecule has 0 fully saturated rings. The molecule has 12 heteroatoms. The second-order valence-corrected chi connectivity index (χ2v) is 8.18. The molecule has 0 unspecified atom stereocenters. The molecule has 0 bridgehead atoms. The van der Waals surface area contributed by atoms with Crippen LogP contribution in [-0.2, 0) is 24.5 Å². The topological polar surface area (TPSA) is 132 Å². The molecule has 1 atom stereocenters. The average Bonchev–Trinajstić information content (AvgIpc) is 2.82. The monoisotopic (exact) mass is 537 g/mol. The van der Waals surface area contributed by atoms with Gasteiger partial charge in [0.15, 0.2) is 0 Å². The van der Waals surface area contributed by atoms with E-state index in [1.54, 1.807) is 13.0 Å². The number of aliphatic hydroxyl groups is 1. The van der Waals surface area contributed by atoms with Crippen LogP contribution < -0.4 is 21.3 Å². The third-order valence-electron chi connectivity index (χ3n) is 4.87. The molecule has 0 aliphatic carbocycles. The second kappa shape index (κ2) is 11.3. The van der Waals surface area contributed by atoms with E-state index in [-0.39, 0.29) is 41.0 Å². The fourth-order valence-electron chi connectivity index (χ4n) is 2.92. The normalized spacial score (nSPS) is 11.8. The number of hydrogen-bond donors (Lipinski definition) is 3. The van der Waals surface area contributed by atoms with E-state index in [1.807, 2.05) is 0 Å². The van der Waals surface area contributed by atoms with Crippen LogP contribution in [0.4, 0.5) is 8.78 Å². The van der Waals surface area contributed by atoms with Crippen LogP contribution in [0.3, 0.4) is 0 Å². The van der Waals surface area contributed by atoms with Crippen molar-refractivity contribution in [2.24, 2.45) is 5.73 Å². The molecule has 2 heterocycles. The van der Waals surface area contributed by atoms with Gasteiger partial charge in [-0.1, -0.05) is 0 Å². The number of halogens is 3. The van der Waals surface area contributed by atoms with E-state index < -0.39 is 30.2 Å². The highest BCUT2D eigenvalue weighted by atomic mass is 79.9. The van der Waals surface area contributed by atoms with Gasteiger partial charge >= 0.3 is 0 Å². The molecule has 0 aliphatic rings. The highest BCUT2D eigenvalue weighted by Gasteiger charge is 2.15. The van der Waals surface area contributed by atoms with Crippen LogP contribution in [0.5, 0.6) is 5.75 Å². The Hall–Kier alpha value is -3.22. The van der Waals surface area contributed by atoms with Gasteiger partial charge in [0.05, 0.1) is 43.5 Å². The number of pyridine rings is 1. The zero-order valence-electron chi connectivity index (χ0n) is 18.1. The Morgan fingerprint density at radius 3 is 2.62 bits per heavy atom. The van der Waals surface area contributed by atoms with Crippen molar-refractivity contribution >= 4 is 21.8 Å². The smallest absolute Gasteiger partial charge is 0.269 e. The van der Waals surface area contributed by atoms with E-state index in [4.69, 9.17) is 15.6 Å². The van der Waals surface area contributed by atoms with E-state index in [0.29, 0.717) is 17.1 Å². The number of ether oxygens (including phenoxy) is 1. The Labute approximate surface area is 201 Å². The molecule has 0 saturated heterocycles. The van der Waals surface area contributed by atoms with Gasteiger partial charge in [0, 0.05) is 23.4 Å². The Bertz CT molecular complexity index is 1240. The van der Waals surface area contributed by atoms with Gasteiger partial charge in [0.25, 0.3) is 5.56 Å². The third kappa shape index (κ3) is 6.22. The zero-order chi connectivity index (χ0) is 24.8. The standard InChI is InChI=1S/C22H22BrF2N5O4/c1-12-4-19(34-11-13-2-3-14(24)5-17(13)25)20(23)22(33)30(12)9-16-8-27-15(6-28-16)7-29-21(32)18(26)10-31/h2-6,8,18,31H,7,9-11,26H2,1H3,(H,29,32)/t18-/m0/s1. The fourth-order valence-corrected chi connectivity index (χ4v) is 3.36. The number of aliphatic hydroxyl groups excluding tert-OH is 1. The van der Waals surface area contributed by atoms with Crippen molar-refractivity contribution in [2.45, 2.75) is 32.7 Å². The summed E-state index contributed by atoms with van der Waals surface area (Å²) >= 11 is 3.23. The summed E-state index contributed by atoms with van der Waals surface area (Å²) in [5.74, 6) is -1.71. The van der Waals surface area contributed by atoms with Crippen LogP contribution >= 0.6 is 15.9 Å². The predicted molar refractivity (Wildman–Crippen MR) is 122 cm³/mol. The van der Waals surface area contributed by atoms with Crippen LogP contribution in [0.15, 0.2) is 45.9 Å². The number of nitrogens with two attached hydrogens (primary N) is 1. The van der Waals surface area contributed by atoms with Gasteiger partial charge in [-0.3, -0.25) is 19.6 Å². The van der Waals surface area contributed by atoms with Crippen LogP contribution in [0.25, 0.3) is 0 Å². The molecule has 1 amide bonds. The number of carbonyl (C=O) groups is 1. The molecule has 0 saturated carbocycles. The number of nitrogens with zero attached hydrogens (tertiary/aromatic N) is 3. The minimum absolute atomic E-state index is 0.0883. The minimum atomic E-state index is -1.01. The Balaban J connectivity index is 1.69. The highest BCUT2D eigenvalue weighted by molar-refractivity contribution is 9.10. The molecule has 3 rings (SSSR count). The number of carbonyl (C=O) groups excluding carboxylic acids is 1. The molecule has 2 aromatic heterocycles. The molecule has 0 aliphatic heterocycles. The van der Waals surface area contributed by atoms with Crippen molar-refractivity contribution in [3.05, 3.63) is 85.8 Å². The SMILES string of the molecule is Cc1cc(OCc2ccc(F)cc2F)c(Br)c(=O)n1Cc1cnc(CNC(=O)[C@@H](N)CO)cn1. The third-order valence-corrected chi connectivity index (χ3v) is 5.60. The van der Waals surface area contributed by atoms with Crippen molar-refractivity contribution in [1.29, 1.82) is 0 Å². The van der Waals surface area contributed by atoms with E-state index in [9.17, 15) is 18.4 Å². The lowest BCUT2D eigenvalue weighted by Crippen LogP contribution is -2.42. The molecule has 0 spiro atoms. The summed E-state index contributed by atoms with van der Waals surface area (Å²) < 4.78 is 34.1. The molecular weight excluding hydrogens is 516 g/mol. The van der Waals surface area contributed by atoms with Gasteiger partial charge in [0.1, 0.15) is 34.5 Å². The fraction of sp³-hybridized carbons (Fsp3) is 0.273. The summed E-state index contributed by atoms with van der Waals surface area (Å²) in [6, 6.07) is 3.78. The van der Waals surface area contributed by atoms with Crippen LogP contribution in [0.1, 0.15) is 22.6 Å². The Morgan fingerprint density at radius 2 is 1.97 bits per heavy atom. The summed E-state index contributed by atoms with van der Waals surface area (Å²) in [6.45, 7) is 1.28. The first kappa shape index (κ1) is 25.4. The molecule has 4 N–H and O–H groups in total. The van der Waals surface area contributed by atoms with Crippen molar-refractivity contribution in [1.82, 2.24) is 19.9 Å². The van der Waals surface area contributed by atoms with Gasteiger partial charge in [0.2, 0.25) is 5.91 Å². The maximum Gasteiger partial charge on any atom is 0.269 e. The number of amides is 1. The van der Waals surface area contributed by atoms with Crippen LogP contribution in [-0.4, -0.2) is 38.2 Å². The molecule has 0 radical (unpaired) electrons. The van der Waals surface area contributed by atoms with E-state index in [0.717, 1.165) is 12.1 Å². The van der Waals surface area contributed by atoms with Crippen molar-refractivity contribution in [2.75, 3.05) is 6.61 Å². The van der Waals surface area contributed by atoms with Crippen molar-refractivity contribution in [3.8, 4) is 5.75 Å². The van der Waals surface area contributed by atoms with Crippen LogP contribution in [0.2, 0.25) is 0 Å². The summed E-state index contributed by atoms with van der Waals surface area (Å²) in [5, 5.41) is 11.4. The number of benzene rings is 1. The van der Waals surface area contributed by atoms with Crippen molar-refractivity contribution in [3.63, 3.8) is 0 Å². The highest BCUT2D eigenvalue weighted by Crippen LogP contribution is 2.24.